The summed E-state index contributed by atoms with van der Waals surface area (Å²) in [6.07, 6.45) is 9.13. The van der Waals surface area contributed by atoms with Crippen LogP contribution in [0, 0.1) is 5.92 Å². The lowest BCUT2D eigenvalue weighted by Crippen LogP contribution is -2.28. The van der Waals surface area contributed by atoms with E-state index >= 15 is 0 Å². The van der Waals surface area contributed by atoms with Gasteiger partial charge in [-0.25, -0.2) is 0 Å². The van der Waals surface area contributed by atoms with Crippen LogP contribution in [0.4, 0.5) is 0 Å². The Hall–Kier alpha value is -1.35. The van der Waals surface area contributed by atoms with Crippen LogP contribution in [-0.2, 0) is 6.42 Å². The molecule has 0 atom stereocenters. The smallest absolute Gasteiger partial charge is 0.159 e. The number of rotatable bonds is 10. The van der Waals surface area contributed by atoms with Crippen molar-refractivity contribution in [2.45, 2.75) is 65.7 Å². The van der Waals surface area contributed by atoms with Gasteiger partial charge in [0.05, 0.1) is 0 Å². The summed E-state index contributed by atoms with van der Waals surface area (Å²) >= 11 is 0. The largest absolute Gasteiger partial charge is 0.492 e. The number of benzene rings is 1. The zero-order valence-corrected chi connectivity index (χ0v) is 16.4. The van der Waals surface area contributed by atoms with Gasteiger partial charge in [-0.1, -0.05) is 46.0 Å². The molecule has 1 saturated carbocycles. The second-order valence-electron chi connectivity index (χ2n) is 7.30. The Labute approximate surface area is 153 Å². The van der Waals surface area contributed by atoms with E-state index in [0.29, 0.717) is 6.61 Å². The molecule has 1 fully saturated rings. The molecule has 0 aliphatic heterocycles. The number of ketones is 1. The second kappa shape index (κ2) is 10.6. The third-order valence-corrected chi connectivity index (χ3v) is 5.57. The molecule has 25 heavy (non-hydrogen) atoms. The van der Waals surface area contributed by atoms with Gasteiger partial charge in [0.15, 0.2) is 5.78 Å². The van der Waals surface area contributed by atoms with Gasteiger partial charge in [0.2, 0.25) is 0 Å². The van der Waals surface area contributed by atoms with Crippen molar-refractivity contribution in [3.8, 4) is 5.75 Å². The van der Waals surface area contributed by atoms with Crippen LogP contribution in [-0.4, -0.2) is 36.9 Å². The monoisotopic (exact) mass is 345 g/mol. The molecule has 1 aliphatic carbocycles. The molecule has 3 nitrogen and oxygen atoms in total. The minimum atomic E-state index is 0.133. The molecule has 0 amide bonds. The van der Waals surface area contributed by atoms with Gasteiger partial charge in [-0.3, -0.25) is 4.79 Å². The summed E-state index contributed by atoms with van der Waals surface area (Å²) in [4.78, 5) is 14.1. The third-order valence-electron chi connectivity index (χ3n) is 5.57. The maximum Gasteiger partial charge on any atom is 0.159 e. The number of ether oxygens (including phenoxy) is 1. The van der Waals surface area contributed by atoms with Crippen molar-refractivity contribution in [3.05, 3.63) is 29.3 Å². The van der Waals surface area contributed by atoms with Gasteiger partial charge in [-0.2, -0.15) is 0 Å². The summed E-state index contributed by atoms with van der Waals surface area (Å²) in [5.41, 5.74) is 2.01. The van der Waals surface area contributed by atoms with Crippen molar-refractivity contribution in [3.63, 3.8) is 0 Å². The van der Waals surface area contributed by atoms with Gasteiger partial charge in [-0.05, 0) is 62.5 Å². The number of hydrogen-bond acceptors (Lipinski definition) is 3. The Kier molecular flexibility index (Phi) is 8.47. The Morgan fingerprint density at radius 1 is 1.16 bits per heavy atom. The van der Waals surface area contributed by atoms with E-state index in [1.54, 1.807) is 6.92 Å². The van der Waals surface area contributed by atoms with Crippen LogP contribution < -0.4 is 4.74 Å². The summed E-state index contributed by atoms with van der Waals surface area (Å²) in [5.74, 6) is 1.94. The first kappa shape index (κ1) is 20.0. The van der Waals surface area contributed by atoms with Gasteiger partial charge < -0.3 is 9.64 Å². The number of Topliss-reactive ketones (excluding diaryl/α,β-unsaturated/α-hetero) is 1. The minimum absolute atomic E-state index is 0.133. The highest BCUT2D eigenvalue weighted by atomic mass is 16.5. The molecule has 0 unspecified atom stereocenters. The maximum atomic E-state index is 11.7. The molecule has 0 aromatic heterocycles. The highest BCUT2D eigenvalue weighted by Crippen LogP contribution is 2.30. The molecular formula is C22H35NO2. The highest BCUT2D eigenvalue weighted by molar-refractivity contribution is 5.94. The summed E-state index contributed by atoms with van der Waals surface area (Å²) < 4.78 is 6.09. The fraction of sp³-hybridized carbons (Fsp3) is 0.682. The molecular weight excluding hydrogens is 310 g/mol. The van der Waals surface area contributed by atoms with E-state index in [1.807, 2.05) is 12.1 Å². The normalized spacial score (nSPS) is 15.5. The van der Waals surface area contributed by atoms with Crippen molar-refractivity contribution < 1.29 is 9.53 Å². The number of hydrogen-bond donors (Lipinski definition) is 0. The molecule has 1 aliphatic rings. The molecule has 3 heteroatoms. The molecule has 0 saturated heterocycles. The lowest BCUT2D eigenvalue weighted by molar-refractivity contribution is 0.101. The lowest BCUT2D eigenvalue weighted by atomic mass is 9.85. The molecule has 0 radical (unpaired) electrons. The molecule has 0 N–H and O–H groups in total. The lowest BCUT2D eigenvalue weighted by Gasteiger charge is -2.22. The van der Waals surface area contributed by atoms with E-state index in [9.17, 15) is 4.79 Å². The van der Waals surface area contributed by atoms with Gasteiger partial charge in [0.25, 0.3) is 0 Å². The predicted octanol–water partition coefficient (Wildman–Crippen LogP) is 5.12. The Bertz CT molecular complexity index is 531. The molecule has 2 rings (SSSR count). The third kappa shape index (κ3) is 6.47. The topological polar surface area (TPSA) is 29.5 Å². The van der Waals surface area contributed by atoms with Gasteiger partial charge in [-0.15, -0.1) is 0 Å². The van der Waals surface area contributed by atoms with Crippen LogP contribution in [0.15, 0.2) is 18.2 Å². The molecule has 0 heterocycles. The number of carbonyl (C=O) groups is 1. The quantitative estimate of drug-likeness (QED) is 0.551. The van der Waals surface area contributed by atoms with E-state index in [4.69, 9.17) is 4.74 Å². The van der Waals surface area contributed by atoms with Gasteiger partial charge in [0.1, 0.15) is 12.4 Å². The fourth-order valence-electron chi connectivity index (χ4n) is 3.79. The van der Waals surface area contributed by atoms with Crippen molar-refractivity contribution in [2.75, 3.05) is 26.2 Å². The van der Waals surface area contributed by atoms with Gasteiger partial charge >= 0.3 is 0 Å². The van der Waals surface area contributed by atoms with Crippen molar-refractivity contribution in [2.24, 2.45) is 5.92 Å². The first-order valence-corrected chi connectivity index (χ1v) is 10.1. The van der Waals surface area contributed by atoms with E-state index < -0.39 is 0 Å². The fourth-order valence-corrected chi connectivity index (χ4v) is 3.79. The predicted molar refractivity (Wildman–Crippen MR) is 105 cm³/mol. The molecule has 140 valence electrons. The van der Waals surface area contributed by atoms with Crippen LogP contribution in [0.3, 0.4) is 0 Å². The van der Waals surface area contributed by atoms with E-state index in [1.165, 1.54) is 44.1 Å². The van der Waals surface area contributed by atoms with Crippen molar-refractivity contribution >= 4 is 5.78 Å². The summed E-state index contributed by atoms with van der Waals surface area (Å²) in [6, 6.07) is 5.95. The van der Waals surface area contributed by atoms with E-state index in [-0.39, 0.29) is 5.78 Å². The Morgan fingerprint density at radius 3 is 2.52 bits per heavy atom. The van der Waals surface area contributed by atoms with Gasteiger partial charge in [0, 0.05) is 12.1 Å². The van der Waals surface area contributed by atoms with E-state index in [0.717, 1.165) is 43.3 Å². The van der Waals surface area contributed by atoms with Crippen LogP contribution in [0.2, 0.25) is 0 Å². The summed E-state index contributed by atoms with van der Waals surface area (Å²) in [6.45, 7) is 9.76. The minimum Gasteiger partial charge on any atom is -0.492 e. The van der Waals surface area contributed by atoms with E-state index in [2.05, 4.69) is 24.8 Å². The van der Waals surface area contributed by atoms with Crippen LogP contribution in [0.5, 0.6) is 5.75 Å². The Morgan fingerprint density at radius 2 is 1.88 bits per heavy atom. The number of likely N-dealkylation sites (N-methyl/N-ethyl adjacent to an activating group) is 1. The summed E-state index contributed by atoms with van der Waals surface area (Å²) in [5, 5.41) is 0. The SMILES string of the molecule is CCN(CC)CCOc1ccc(C(C)=O)cc1CCC1CCCCC1. The van der Waals surface area contributed by atoms with Crippen LogP contribution in [0.25, 0.3) is 0 Å². The van der Waals surface area contributed by atoms with Crippen molar-refractivity contribution in [1.29, 1.82) is 0 Å². The standard InChI is InChI=1S/C22H35NO2/c1-4-23(5-2)15-16-25-22-14-13-20(18(3)24)17-21(22)12-11-19-9-7-6-8-10-19/h13-14,17,19H,4-12,15-16H2,1-3H3. The van der Waals surface area contributed by atoms with Crippen LogP contribution >= 0.6 is 0 Å². The first-order valence-electron chi connectivity index (χ1n) is 10.1. The average Bonchev–Trinajstić information content (AvgIpc) is 2.64. The molecule has 1 aromatic carbocycles. The highest BCUT2D eigenvalue weighted by Gasteiger charge is 2.15. The molecule has 0 spiro atoms. The van der Waals surface area contributed by atoms with Crippen LogP contribution in [0.1, 0.15) is 75.2 Å². The zero-order valence-electron chi connectivity index (χ0n) is 16.4. The number of carbonyl (C=O) groups excluding carboxylic acids is 1. The summed E-state index contributed by atoms with van der Waals surface area (Å²) in [7, 11) is 0. The molecule has 1 aromatic rings. The number of aryl methyl sites for hydroxylation is 1. The Balaban J connectivity index is 1.99. The first-order chi connectivity index (χ1) is 12.1. The number of nitrogens with zero attached hydrogens (tertiary/aromatic N) is 1. The zero-order chi connectivity index (χ0) is 18.1. The van der Waals surface area contributed by atoms with Crippen molar-refractivity contribution in [1.82, 2.24) is 4.90 Å². The second-order valence-corrected chi connectivity index (χ2v) is 7.30. The molecule has 0 bridgehead atoms. The maximum absolute atomic E-state index is 11.7. The average molecular weight is 346 g/mol.